The average Bonchev–Trinajstić information content (AvgIpc) is 3.14. The van der Waals surface area contributed by atoms with Gasteiger partial charge in [-0.3, -0.25) is 0 Å². The molecule has 3 nitrogen and oxygen atoms in total. The van der Waals surface area contributed by atoms with E-state index in [0.29, 0.717) is 0 Å². The molecular formula is C22H22ClN3S. The summed E-state index contributed by atoms with van der Waals surface area (Å²) in [5.74, 6) is 0. The standard InChI is InChI=1S/C22H22ClN3S/c1-15-5-3-6-19(16(15)2)24-22(27)26-14-13-25-12-4-7-20(25)21(26)17-8-10-18(23)11-9-17/h3-12,21H,13-14H2,1-2H3,(H,24,27). The van der Waals surface area contributed by atoms with Crippen molar-refractivity contribution in [1.29, 1.82) is 0 Å². The number of nitrogens with zero attached hydrogens (tertiary/aromatic N) is 2. The Balaban J connectivity index is 1.68. The molecule has 1 N–H and O–H groups in total. The summed E-state index contributed by atoms with van der Waals surface area (Å²) in [4.78, 5) is 2.27. The van der Waals surface area contributed by atoms with Crippen molar-refractivity contribution in [3.63, 3.8) is 0 Å². The van der Waals surface area contributed by atoms with Gasteiger partial charge in [-0.1, -0.05) is 35.9 Å². The molecule has 0 saturated carbocycles. The number of aryl methyl sites for hydroxylation is 1. The van der Waals surface area contributed by atoms with Crippen LogP contribution in [0.15, 0.2) is 60.8 Å². The van der Waals surface area contributed by atoms with Crippen LogP contribution in [-0.2, 0) is 6.54 Å². The Morgan fingerprint density at radius 1 is 1.04 bits per heavy atom. The molecule has 0 bridgehead atoms. The van der Waals surface area contributed by atoms with Gasteiger partial charge in [0.05, 0.1) is 6.04 Å². The molecule has 0 amide bonds. The normalized spacial score (nSPS) is 16.1. The summed E-state index contributed by atoms with van der Waals surface area (Å²) < 4.78 is 2.30. The van der Waals surface area contributed by atoms with Crippen molar-refractivity contribution in [3.05, 3.63) is 88.2 Å². The summed E-state index contributed by atoms with van der Waals surface area (Å²) in [7, 11) is 0. The van der Waals surface area contributed by atoms with Crippen LogP contribution in [0.3, 0.4) is 0 Å². The minimum absolute atomic E-state index is 0.0659. The first kappa shape index (κ1) is 18.1. The van der Waals surface area contributed by atoms with E-state index in [2.05, 4.69) is 77.3 Å². The summed E-state index contributed by atoms with van der Waals surface area (Å²) >= 11 is 12.0. The quantitative estimate of drug-likeness (QED) is 0.573. The third-order valence-corrected chi connectivity index (χ3v) is 5.92. The van der Waals surface area contributed by atoms with Crippen LogP contribution < -0.4 is 5.32 Å². The van der Waals surface area contributed by atoms with Crippen molar-refractivity contribution in [3.8, 4) is 0 Å². The topological polar surface area (TPSA) is 20.2 Å². The van der Waals surface area contributed by atoms with Gasteiger partial charge in [-0.15, -0.1) is 0 Å². The zero-order chi connectivity index (χ0) is 19.0. The van der Waals surface area contributed by atoms with Crippen molar-refractivity contribution in [2.24, 2.45) is 0 Å². The predicted molar refractivity (Wildman–Crippen MR) is 117 cm³/mol. The molecule has 0 saturated heterocycles. The van der Waals surface area contributed by atoms with Crippen LogP contribution in [-0.4, -0.2) is 21.1 Å². The van der Waals surface area contributed by atoms with Gasteiger partial charge in [0.15, 0.2) is 5.11 Å². The summed E-state index contributed by atoms with van der Waals surface area (Å²) in [6.07, 6.45) is 2.14. The van der Waals surface area contributed by atoms with Crippen molar-refractivity contribution >= 4 is 34.6 Å². The monoisotopic (exact) mass is 395 g/mol. The maximum Gasteiger partial charge on any atom is 0.174 e. The van der Waals surface area contributed by atoms with Gasteiger partial charge in [-0.2, -0.15) is 0 Å². The van der Waals surface area contributed by atoms with Gasteiger partial charge in [0.2, 0.25) is 0 Å². The fourth-order valence-corrected chi connectivity index (χ4v) is 4.10. The molecule has 1 aliphatic heterocycles. The molecule has 2 aromatic carbocycles. The second-order valence-corrected chi connectivity index (χ2v) is 7.77. The number of thiocarbonyl (C=S) groups is 1. The second kappa shape index (κ2) is 7.37. The van der Waals surface area contributed by atoms with Crippen LogP contribution in [0.5, 0.6) is 0 Å². The minimum atomic E-state index is 0.0659. The highest BCUT2D eigenvalue weighted by Gasteiger charge is 2.30. The lowest BCUT2D eigenvalue weighted by molar-refractivity contribution is 0.293. The lowest BCUT2D eigenvalue weighted by Gasteiger charge is -2.39. The van der Waals surface area contributed by atoms with Crippen LogP contribution in [0.1, 0.15) is 28.4 Å². The van der Waals surface area contributed by atoms with E-state index in [1.165, 1.54) is 22.4 Å². The van der Waals surface area contributed by atoms with Crippen molar-refractivity contribution in [2.45, 2.75) is 26.4 Å². The van der Waals surface area contributed by atoms with E-state index >= 15 is 0 Å². The van der Waals surface area contributed by atoms with Crippen molar-refractivity contribution in [1.82, 2.24) is 9.47 Å². The highest BCUT2D eigenvalue weighted by Crippen LogP contribution is 2.33. The summed E-state index contributed by atoms with van der Waals surface area (Å²) in [6.45, 7) is 6.01. The number of nitrogens with one attached hydrogen (secondary N) is 1. The third-order valence-electron chi connectivity index (χ3n) is 5.33. The fraction of sp³-hybridized carbons (Fsp3) is 0.227. The first-order chi connectivity index (χ1) is 13.0. The van der Waals surface area contributed by atoms with Gasteiger partial charge >= 0.3 is 0 Å². The highest BCUT2D eigenvalue weighted by atomic mass is 35.5. The van der Waals surface area contributed by atoms with Crippen LogP contribution in [0, 0.1) is 13.8 Å². The number of hydrogen-bond donors (Lipinski definition) is 1. The Morgan fingerprint density at radius 3 is 2.59 bits per heavy atom. The van der Waals surface area contributed by atoms with Gasteiger partial charge in [-0.05, 0) is 73.1 Å². The number of benzene rings is 2. The lowest BCUT2D eigenvalue weighted by Crippen LogP contribution is -2.44. The largest absolute Gasteiger partial charge is 0.348 e. The van der Waals surface area contributed by atoms with Gasteiger partial charge in [0.25, 0.3) is 0 Å². The molecule has 0 radical (unpaired) electrons. The van der Waals surface area contributed by atoms with Crippen molar-refractivity contribution in [2.75, 3.05) is 11.9 Å². The molecule has 0 fully saturated rings. The Hall–Kier alpha value is -2.30. The first-order valence-electron chi connectivity index (χ1n) is 9.09. The Morgan fingerprint density at radius 2 is 1.81 bits per heavy atom. The molecule has 2 heterocycles. The molecule has 0 aliphatic carbocycles. The lowest BCUT2D eigenvalue weighted by atomic mass is 10.0. The van der Waals surface area contributed by atoms with E-state index in [4.69, 9.17) is 23.8 Å². The van der Waals surface area contributed by atoms with E-state index in [1.54, 1.807) is 0 Å². The Kier molecular flexibility index (Phi) is 4.94. The number of anilines is 1. The number of rotatable bonds is 2. The summed E-state index contributed by atoms with van der Waals surface area (Å²) in [5, 5.41) is 4.97. The van der Waals surface area contributed by atoms with Gasteiger partial charge < -0.3 is 14.8 Å². The second-order valence-electron chi connectivity index (χ2n) is 6.95. The molecule has 1 unspecified atom stereocenters. The molecule has 138 valence electrons. The third kappa shape index (κ3) is 3.47. The molecule has 0 spiro atoms. The molecular weight excluding hydrogens is 374 g/mol. The first-order valence-corrected chi connectivity index (χ1v) is 9.87. The van der Waals surface area contributed by atoms with Crippen LogP contribution >= 0.6 is 23.8 Å². The molecule has 27 heavy (non-hydrogen) atoms. The predicted octanol–water partition coefficient (Wildman–Crippen LogP) is 5.56. The highest BCUT2D eigenvalue weighted by molar-refractivity contribution is 7.80. The van der Waals surface area contributed by atoms with E-state index in [1.807, 2.05) is 12.1 Å². The summed E-state index contributed by atoms with van der Waals surface area (Å²) in [6, 6.07) is 18.7. The van der Waals surface area contributed by atoms with Gasteiger partial charge in [-0.25, -0.2) is 0 Å². The van der Waals surface area contributed by atoms with Crippen LogP contribution in [0.2, 0.25) is 5.02 Å². The zero-order valence-corrected chi connectivity index (χ0v) is 17.0. The zero-order valence-electron chi connectivity index (χ0n) is 15.4. The minimum Gasteiger partial charge on any atom is -0.348 e. The number of halogens is 1. The van der Waals surface area contributed by atoms with Crippen LogP contribution in [0.4, 0.5) is 5.69 Å². The summed E-state index contributed by atoms with van der Waals surface area (Å²) in [5.41, 5.74) is 5.97. The number of hydrogen-bond acceptors (Lipinski definition) is 1. The molecule has 4 rings (SSSR count). The molecule has 5 heteroatoms. The van der Waals surface area contributed by atoms with Crippen LogP contribution in [0.25, 0.3) is 0 Å². The maximum atomic E-state index is 6.11. The Bertz CT molecular complexity index is 977. The van der Waals surface area contributed by atoms with Gasteiger partial charge in [0.1, 0.15) is 0 Å². The van der Waals surface area contributed by atoms with E-state index in [-0.39, 0.29) is 6.04 Å². The SMILES string of the molecule is Cc1cccc(NC(=S)N2CCn3cccc3C2c2ccc(Cl)cc2)c1C. The Labute approximate surface area is 170 Å². The average molecular weight is 396 g/mol. The molecule has 1 aliphatic rings. The number of aromatic nitrogens is 1. The molecule has 1 aromatic heterocycles. The number of fused-ring (bicyclic) bond motifs is 1. The van der Waals surface area contributed by atoms with E-state index < -0.39 is 0 Å². The van der Waals surface area contributed by atoms with Gasteiger partial charge in [0, 0.05) is 35.7 Å². The molecule has 3 aromatic rings. The fourth-order valence-electron chi connectivity index (χ4n) is 3.67. The van der Waals surface area contributed by atoms with E-state index in [0.717, 1.165) is 28.9 Å². The maximum absolute atomic E-state index is 6.11. The smallest absolute Gasteiger partial charge is 0.174 e. The van der Waals surface area contributed by atoms with Crippen molar-refractivity contribution < 1.29 is 0 Å². The van der Waals surface area contributed by atoms with E-state index in [9.17, 15) is 0 Å². The molecule has 1 atom stereocenters.